The van der Waals surface area contributed by atoms with Crippen molar-refractivity contribution in [1.82, 2.24) is 18.7 Å². The lowest BCUT2D eigenvalue weighted by Gasteiger charge is -2.27. The molecule has 0 bridgehead atoms. The van der Waals surface area contributed by atoms with Crippen LogP contribution >= 0.6 is 0 Å². The van der Waals surface area contributed by atoms with Gasteiger partial charge in [-0.3, -0.25) is 13.7 Å². The van der Waals surface area contributed by atoms with Crippen LogP contribution in [0.4, 0.5) is 0 Å². The summed E-state index contributed by atoms with van der Waals surface area (Å²) in [6.07, 6.45) is 3.44. The molecule has 0 fully saturated rings. The Morgan fingerprint density at radius 2 is 1.20 bits per heavy atom. The van der Waals surface area contributed by atoms with Crippen LogP contribution in [-0.4, -0.2) is 18.7 Å². The predicted molar refractivity (Wildman–Crippen MR) is 314 cm³/mol. The molecule has 6 nitrogen and oxygen atoms in total. The maximum atomic E-state index is 9.28. The number of pyridine rings is 1. The van der Waals surface area contributed by atoms with Gasteiger partial charge in [0.2, 0.25) is 0 Å². The number of imidazole rings is 1. The number of aryl methyl sites for hydroxylation is 1. The quantitative estimate of drug-likeness (QED) is 0.107. The second-order valence-electron chi connectivity index (χ2n) is 21.0. The number of aromatic nitrogens is 5. The van der Waals surface area contributed by atoms with E-state index in [1.54, 1.807) is 42.5 Å². The van der Waals surface area contributed by atoms with Crippen molar-refractivity contribution in [2.75, 3.05) is 0 Å². The highest BCUT2D eigenvalue weighted by Crippen LogP contribution is 2.41. The number of hydrogen-bond donors (Lipinski definition) is 0. The highest BCUT2D eigenvalue weighted by atomic mass is 16.5. The molecule has 13 aromatic rings. The van der Waals surface area contributed by atoms with Crippen LogP contribution in [0.3, 0.4) is 0 Å². The van der Waals surface area contributed by atoms with E-state index in [-0.39, 0.29) is 50.3 Å². The molecule has 4 aromatic heterocycles. The van der Waals surface area contributed by atoms with Crippen LogP contribution < -0.4 is 9.30 Å². The molecule has 0 amide bonds. The third-order valence-corrected chi connectivity index (χ3v) is 14.2. The van der Waals surface area contributed by atoms with Gasteiger partial charge in [-0.2, -0.15) is 0 Å². The maximum absolute atomic E-state index is 9.28. The van der Waals surface area contributed by atoms with E-state index in [2.05, 4.69) is 66.1 Å². The lowest BCUT2D eigenvalue weighted by Crippen LogP contribution is -2.31. The molecule has 0 unspecified atom stereocenters. The zero-order valence-corrected chi connectivity index (χ0v) is 42.9. The molecule has 6 heteroatoms. The minimum atomic E-state index is -1.74. The standard InChI is InChI=1S/C70H59N5O/c1-8-46-36-37-71-67(38-46)75-63-35-32-52(74-61-28-14-12-24-57(61)58-25-13-15-29-62(58)74)43-60(63)59-34-33-54(44-66(59)75)76-53-23-18-22-51(42-53)72-45-73(65-31-17-16-30-64(65)72)68-55(47-20-10-9-11-21-47)26-19-27-56(68)48-39-49(69(2,3)4)41-50(40-48)70(5,6)7/h9-44H,8H2,1-7H3/i8D2,9D,10D,11D,12D,13D,14D,15D,20D,21D,24D,25D,28D,29D. The van der Waals surface area contributed by atoms with Crippen molar-refractivity contribution in [2.24, 2.45) is 0 Å². The zero-order chi connectivity index (χ0) is 65.0. The molecule has 0 radical (unpaired) electrons. The van der Waals surface area contributed by atoms with Gasteiger partial charge in [0.15, 0.2) is 0 Å². The van der Waals surface area contributed by atoms with Gasteiger partial charge in [-0.1, -0.05) is 182 Å². The van der Waals surface area contributed by atoms with E-state index in [0.29, 0.717) is 72.8 Å². The van der Waals surface area contributed by atoms with E-state index < -0.39 is 72.8 Å². The maximum Gasteiger partial charge on any atom is 0.269 e. The Labute approximate surface area is 465 Å². The normalized spacial score (nSPS) is 15.2. The molecule has 0 N–H and O–H groups in total. The van der Waals surface area contributed by atoms with Crippen molar-refractivity contribution in [2.45, 2.75) is 65.7 Å². The predicted octanol–water partition coefficient (Wildman–Crippen LogP) is 17.6. The SMILES string of the molecule is [2H]c1c([2H])c([2H])c(-c2cccc(-c3cc(C(C)(C)C)cc(C(C)(C)C)c3)c2-[n+]2[c-]n(-c3cccc(Oc4ccc5c6cc(-n7c8c([2H])c([2H])c([2H])c([2H])c8c8c([2H])c([2H])c([2H])c([2H])c87)ccc6n(-c6cc(C([2H])([2H])C)ccn6)c5c4)c3)c3ccccc32)c([2H])c1[2H]. The first-order valence-electron chi connectivity index (χ1n) is 32.6. The van der Waals surface area contributed by atoms with Crippen LogP contribution in [0.2, 0.25) is 0 Å². The molecule has 9 aromatic carbocycles. The topological polar surface area (TPSA) is 40.8 Å². The minimum absolute atomic E-state index is 0.0200. The zero-order valence-electron chi connectivity index (χ0n) is 57.9. The summed E-state index contributed by atoms with van der Waals surface area (Å²) >= 11 is 0. The summed E-state index contributed by atoms with van der Waals surface area (Å²) in [6.45, 7) is 14.5. The third kappa shape index (κ3) is 8.04. The molecule has 370 valence electrons. The fraction of sp³-hybridized carbons (Fsp3) is 0.143. The van der Waals surface area contributed by atoms with Crippen LogP contribution in [-0.2, 0) is 17.2 Å². The Morgan fingerprint density at radius 1 is 0.526 bits per heavy atom. The number of benzene rings is 9. The van der Waals surface area contributed by atoms with Crippen molar-refractivity contribution < 1.29 is 29.9 Å². The van der Waals surface area contributed by atoms with Gasteiger partial charge in [0.05, 0.1) is 62.3 Å². The molecule has 0 saturated heterocycles. The number of fused-ring (bicyclic) bond motifs is 7. The van der Waals surface area contributed by atoms with Crippen molar-refractivity contribution in [3.05, 3.63) is 241 Å². The van der Waals surface area contributed by atoms with Crippen LogP contribution in [0.15, 0.2) is 218 Å². The van der Waals surface area contributed by atoms with Crippen molar-refractivity contribution in [1.29, 1.82) is 0 Å². The van der Waals surface area contributed by atoms with Crippen LogP contribution in [0.25, 0.3) is 99.8 Å². The van der Waals surface area contributed by atoms with E-state index >= 15 is 0 Å². The van der Waals surface area contributed by atoms with Gasteiger partial charge in [-0.05, 0) is 129 Å². The van der Waals surface area contributed by atoms with Crippen LogP contribution in [0.5, 0.6) is 11.5 Å². The average molecular weight is 1000 g/mol. The van der Waals surface area contributed by atoms with Crippen LogP contribution in [0.1, 0.15) is 85.7 Å². The Hall–Kier alpha value is -9.00. The fourth-order valence-corrected chi connectivity index (χ4v) is 10.3. The van der Waals surface area contributed by atoms with Crippen LogP contribution in [0, 0.1) is 6.33 Å². The molecule has 13 rings (SSSR count). The summed E-state index contributed by atoms with van der Waals surface area (Å²) in [4.78, 5) is 4.76. The summed E-state index contributed by atoms with van der Waals surface area (Å²) in [7, 11) is 0. The van der Waals surface area contributed by atoms with Gasteiger partial charge in [-0.15, -0.1) is 0 Å². The second-order valence-corrected chi connectivity index (χ2v) is 21.0. The Morgan fingerprint density at radius 3 is 1.92 bits per heavy atom. The number of para-hydroxylation sites is 5. The van der Waals surface area contributed by atoms with E-state index in [1.165, 1.54) is 17.7 Å². The molecule has 0 aliphatic carbocycles. The second kappa shape index (κ2) is 18.1. The Bertz CT molecular complexity index is 5140. The highest BCUT2D eigenvalue weighted by molar-refractivity contribution is 6.12. The Kier molecular flexibility index (Phi) is 7.88. The van der Waals surface area contributed by atoms with Gasteiger partial charge in [0.1, 0.15) is 17.3 Å². The first kappa shape index (κ1) is 33.0. The lowest BCUT2D eigenvalue weighted by atomic mass is 9.78. The molecule has 0 atom stereocenters. The van der Waals surface area contributed by atoms with Gasteiger partial charge >= 0.3 is 0 Å². The van der Waals surface area contributed by atoms with Gasteiger partial charge in [0.25, 0.3) is 6.33 Å². The molecule has 0 aliphatic rings. The molecule has 0 spiro atoms. The fourth-order valence-electron chi connectivity index (χ4n) is 10.3. The highest BCUT2D eigenvalue weighted by Gasteiger charge is 2.25. The summed E-state index contributed by atoms with van der Waals surface area (Å²) in [5.41, 5.74) is 8.31. The molecule has 4 heterocycles. The van der Waals surface area contributed by atoms with Gasteiger partial charge in [0, 0.05) is 42.2 Å². The molecular formula is C70H59N5O. The third-order valence-electron chi connectivity index (χ3n) is 14.2. The minimum Gasteiger partial charge on any atom is -0.458 e. The number of ether oxygens (including phenoxy) is 1. The van der Waals surface area contributed by atoms with Crippen molar-refractivity contribution >= 4 is 54.6 Å². The molecule has 0 aliphatic heterocycles. The van der Waals surface area contributed by atoms with Crippen molar-refractivity contribution in [3.8, 4) is 56.6 Å². The first-order chi connectivity index (χ1) is 43.0. The van der Waals surface area contributed by atoms with Crippen molar-refractivity contribution in [3.63, 3.8) is 0 Å². The number of rotatable bonds is 9. The summed E-state index contributed by atoms with van der Waals surface area (Å²) in [6, 6.07) is 35.6. The monoisotopic (exact) mass is 1000 g/mol. The summed E-state index contributed by atoms with van der Waals surface area (Å²) < 4.78 is 147. The largest absolute Gasteiger partial charge is 0.458 e. The van der Waals surface area contributed by atoms with E-state index in [4.69, 9.17) is 27.5 Å². The Balaban J connectivity index is 0.986. The van der Waals surface area contributed by atoms with E-state index in [0.717, 1.165) is 27.8 Å². The van der Waals surface area contributed by atoms with E-state index in [1.807, 2.05) is 86.5 Å². The average Bonchev–Trinajstić information content (AvgIpc) is 1.57. The van der Waals surface area contributed by atoms with Gasteiger partial charge < -0.3 is 9.30 Å². The molecule has 76 heavy (non-hydrogen) atoms. The lowest BCUT2D eigenvalue weighted by molar-refractivity contribution is -0.571. The van der Waals surface area contributed by atoms with E-state index in [9.17, 15) is 2.74 Å². The number of hydrogen-bond acceptors (Lipinski definition) is 2. The van der Waals surface area contributed by atoms with Gasteiger partial charge in [-0.25, -0.2) is 4.98 Å². The smallest absolute Gasteiger partial charge is 0.269 e. The summed E-state index contributed by atoms with van der Waals surface area (Å²) in [5, 5.41) is 1.21. The number of nitrogens with zero attached hydrogens (tertiary/aromatic N) is 5. The molecule has 0 saturated carbocycles. The summed E-state index contributed by atoms with van der Waals surface area (Å²) in [5.74, 6) is 1.23. The molecular weight excluding hydrogens is 927 g/mol. The first-order valence-corrected chi connectivity index (χ1v) is 25.1.